The molecule has 0 heterocycles. The van der Waals surface area contributed by atoms with Crippen LogP contribution in [0.15, 0.2) is 24.3 Å². The fraction of sp³-hybridized carbons (Fsp3) is 0.625. The van der Waals surface area contributed by atoms with E-state index in [1.165, 1.54) is 6.26 Å². The zero-order valence-corrected chi connectivity index (χ0v) is 13.5. The van der Waals surface area contributed by atoms with Crippen molar-refractivity contribution in [2.24, 2.45) is 0 Å². The molecule has 0 aromatic heterocycles. The van der Waals surface area contributed by atoms with E-state index >= 15 is 0 Å². The summed E-state index contributed by atoms with van der Waals surface area (Å²) in [6.45, 7) is 1.92. The topological polar surface area (TPSA) is 63.6 Å². The summed E-state index contributed by atoms with van der Waals surface area (Å²) < 4.78 is 29.4. The van der Waals surface area contributed by atoms with Crippen molar-refractivity contribution in [3.05, 3.63) is 29.8 Å². The van der Waals surface area contributed by atoms with Gasteiger partial charge >= 0.3 is 0 Å². The maximum atomic E-state index is 11.7. The van der Waals surface area contributed by atoms with Gasteiger partial charge in [0.1, 0.15) is 15.6 Å². The normalized spacial score (nSPS) is 24.5. The lowest BCUT2D eigenvalue weighted by atomic mass is 9.97. The molecule has 0 bridgehead atoms. The van der Waals surface area contributed by atoms with Crippen LogP contribution in [0.4, 0.5) is 0 Å². The van der Waals surface area contributed by atoms with Gasteiger partial charge in [-0.2, -0.15) is 0 Å². The van der Waals surface area contributed by atoms with Crippen molar-refractivity contribution in [3.63, 3.8) is 0 Å². The number of para-hydroxylation sites is 1. The summed E-state index contributed by atoms with van der Waals surface area (Å²) in [5, 5.41) is 9.74. The molecule has 4 nitrogen and oxygen atoms in total. The predicted molar refractivity (Wildman–Crippen MR) is 83.2 cm³/mol. The number of sulfone groups is 1. The van der Waals surface area contributed by atoms with Crippen molar-refractivity contribution in [3.8, 4) is 5.75 Å². The van der Waals surface area contributed by atoms with Crippen molar-refractivity contribution in [1.82, 2.24) is 0 Å². The van der Waals surface area contributed by atoms with Crippen LogP contribution in [0.1, 0.15) is 50.7 Å². The van der Waals surface area contributed by atoms with E-state index < -0.39 is 15.9 Å². The largest absolute Gasteiger partial charge is 0.490 e. The second kappa shape index (κ2) is 6.79. The van der Waals surface area contributed by atoms with Crippen molar-refractivity contribution >= 4 is 9.84 Å². The Hall–Kier alpha value is -1.07. The summed E-state index contributed by atoms with van der Waals surface area (Å²) in [6.07, 6.45) is 4.27. The molecule has 2 unspecified atom stereocenters. The third-order valence-electron chi connectivity index (χ3n) is 4.14. The van der Waals surface area contributed by atoms with Crippen LogP contribution >= 0.6 is 0 Å². The van der Waals surface area contributed by atoms with Gasteiger partial charge in [0.2, 0.25) is 0 Å². The minimum atomic E-state index is -3.01. The molecule has 0 amide bonds. The summed E-state index contributed by atoms with van der Waals surface area (Å²) in [5.74, 6) is 0.672. The highest BCUT2D eigenvalue weighted by molar-refractivity contribution is 7.91. The van der Waals surface area contributed by atoms with Gasteiger partial charge in [0.25, 0.3) is 0 Å². The van der Waals surface area contributed by atoms with Crippen molar-refractivity contribution in [2.75, 3.05) is 6.26 Å². The maximum Gasteiger partial charge on any atom is 0.150 e. The molecule has 0 spiro atoms. The molecule has 0 aliphatic heterocycles. The van der Waals surface area contributed by atoms with E-state index in [9.17, 15) is 13.5 Å². The van der Waals surface area contributed by atoms with Crippen LogP contribution in [0.3, 0.4) is 0 Å². The van der Waals surface area contributed by atoms with E-state index in [2.05, 4.69) is 0 Å². The van der Waals surface area contributed by atoms with Crippen LogP contribution < -0.4 is 4.74 Å². The summed E-state index contributed by atoms with van der Waals surface area (Å²) in [4.78, 5) is 0. The second-order valence-corrected chi connectivity index (χ2v) is 8.15. The molecule has 0 saturated heterocycles. The number of rotatable bonds is 5. The van der Waals surface area contributed by atoms with E-state index in [4.69, 9.17) is 4.74 Å². The summed E-state index contributed by atoms with van der Waals surface area (Å²) in [6, 6.07) is 7.46. The first kappa shape index (κ1) is 16.3. The molecule has 21 heavy (non-hydrogen) atoms. The smallest absolute Gasteiger partial charge is 0.150 e. The second-order valence-electron chi connectivity index (χ2n) is 5.82. The fourth-order valence-electron chi connectivity index (χ4n) is 2.86. The van der Waals surface area contributed by atoms with Gasteiger partial charge in [0.15, 0.2) is 0 Å². The Morgan fingerprint density at radius 2 is 2.05 bits per heavy atom. The van der Waals surface area contributed by atoms with Gasteiger partial charge < -0.3 is 9.84 Å². The SMILES string of the molecule is CC[C@H](O)c1ccccc1OC1CCCC(S(C)(=O)=O)C1. The van der Waals surface area contributed by atoms with Gasteiger partial charge in [0.05, 0.1) is 17.5 Å². The first-order chi connectivity index (χ1) is 9.91. The fourth-order valence-corrected chi connectivity index (χ4v) is 4.02. The highest BCUT2D eigenvalue weighted by Gasteiger charge is 2.30. The molecular formula is C16H24O4S. The lowest BCUT2D eigenvalue weighted by Crippen LogP contribution is -2.33. The molecule has 2 rings (SSSR count). The Balaban J connectivity index is 2.11. The van der Waals surface area contributed by atoms with Crippen molar-refractivity contribution in [1.29, 1.82) is 0 Å². The number of hydrogen-bond acceptors (Lipinski definition) is 4. The Kier molecular flexibility index (Phi) is 5.27. The average molecular weight is 312 g/mol. The highest BCUT2D eigenvalue weighted by Crippen LogP contribution is 2.32. The van der Waals surface area contributed by atoms with Crippen LogP contribution in [-0.2, 0) is 9.84 Å². The molecular weight excluding hydrogens is 288 g/mol. The lowest BCUT2D eigenvalue weighted by molar-refractivity contribution is 0.136. The minimum absolute atomic E-state index is 0.0938. The highest BCUT2D eigenvalue weighted by atomic mass is 32.2. The first-order valence-corrected chi connectivity index (χ1v) is 9.49. The lowest BCUT2D eigenvalue weighted by Gasteiger charge is -2.29. The molecule has 1 aliphatic rings. The third-order valence-corrected chi connectivity index (χ3v) is 5.78. The Bertz CT molecular complexity index is 567. The summed E-state index contributed by atoms with van der Waals surface area (Å²) in [5.41, 5.74) is 0.779. The van der Waals surface area contributed by atoms with E-state index in [1.54, 1.807) is 0 Å². The molecule has 1 aromatic carbocycles. The zero-order valence-electron chi connectivity index (χ0n) is 12.7. The maximum absolute atomic E-state index is 11.7. The van der Waals surface area contributed by atoms with Crippen LogP contribution in [0.25, 0.3) is 0 Å². The summed E-state index contributed by atoms with van der Waals surface area (Å²) >= 11 is 0. The van der Waals surface area contributed by atoms with E-state index in [1.807, 2.05) is 31.2 Å². The molecule has 5 heteroatoms. The van der Waals surface area contributed by atoms with Crippen LogP contribution in [0.2, 0.25) is 0 Å². The third kappa shape index (κ3) is 4.20. The van der Waals surface area contributed by atoms with Crippen LogP contribution in [-0.4, -0.2) is 31.1 Å². The number of aliphatic hydroxyl groups is 1. The monoisotopic (exact) mass is 312 g/mol. The van der Waals surface area contributed by atoms with Crippen molar-refractivity contribution in [2.45, 2.75) is 56.5 Å². The number of hydrogen-bond donors (Lipinski definition) is 1. The standard InChI is InChI=1S/C16H24O4S/c1-3-15(17)14-9-4-5-10-16(14)20-12-7-6-8-13(11-12)21(2,18)19/h4-5,9-10,12-13,15,17H,3,6-8,11H2,1-2H3/t12?,13?,15-/m0/s1. The molecule has 1 N–H and O–H groups in total. The number of ether oxygens (including phenoxy) is 1. The van der Waals surface area contributed by atoms with Gasteiger partial charge in [-0.1, -0.05) is 25.1 Å². The molecule has 0 radical (unpaired) electrons. The number of benzene rings is 1. The predicted octanol–water partition coefficient (Wildman–Crippen LogP) is 2.86. The first-order valence-electron chi connectivity index (χ1n) is 7.54. The zero-order chi connectivity index (χ0) is 15.5. The quantitative estimate of drug-likeness (QED) is 0.908. The van der Waals surface area contributed by atoms with Gasteiger partial charge in [-0.15, -0.1) is 0 Å². The number of aliphatic hydroxyl groups excluding tert-OH is 1. The molecule has 1 aliphatic carbocycles. The van der Waals surface area contributed by atoms with Gasteiger partial charge in [-0.3, -0.25) is 0 Å². The van der Waals surface area contributed by atoms with Gasteiger partial charge in [0, 0.05) is 18.2 Å². The van der Waals surface area contributed by atoms with Crippen LogP contribution in [0, 0.1) is 0 Å². The average Bonchev–Trinajstić information content (AvgIpc) is 2.46. The Morgan fingerprint density at radius 1 is 1.33 bits per heavy atom. The van der Waals surface area contributed by atoms with Gasteiger partial charge in [-0.25, -0.2) is 8.42 Å². The Labute approximate surface area is 127 Å². The molecule has 1 aromatic rings. The molecule has 3 atom stereocenters. The summed E-state index contributed by atoms with van der Waals surface area (Å²) in [7, 11) is -3.01. The van der Waals surface area contributed by atoms with E-state index in [-0.39, 0.29) is 11.4 Å². The van der Waals surface area contributed by atoms with E-state index in [0.717, 1.165) is 24.8 Å². The van der Waals surface area contributed by atoms with Crippen molar-refractivity contribution < 1.29 is 18.3 Å². The van der Waals surface area contributed by atoms with Crippen LogP contribution in [0.5, 0.6) is 5.75 Å². The van der Waals surface area contributed by atoms with E-state index in [0.29, 0.717) is 18.6 Å². The Morgan fingerprint density at radius 3 is 2.71 bits per heavy atom. The molecule has 1 fully saturated rings. The van der Waals surface area contributed by atoms with Gasteiger partial charge in [-0.05, 0) is 31.7 Å². The molecule has 1 saturated carbocycles. The minimum Gasteiger partial charge on any atom is -0.490 e. The molecule has 118 valence electrons.